The third-order valence-electron chi connectivity index (χ3n) is 3.51. The van der Waals surface area contributed by atoms with Crippen LogP contribution in [-0.2, 0) is 6.54 Å². The molecule has 4 nitrogen and oxygen atoms in total. The average Bonchev–Trinajstić information content (AvgIpc) is 2.68. The van der Waals surface area contributed by atoms with Gasteiger partial charge in [0.15, 0.2) is 5.65 Å². The van der Waals surface area contributed by atoms with Crippen LogP contribution in [-0.4, -0.2) is 27.1 Å². The van der Waals surface area contributed by atoms with Crippen LogP contribution < -0.4 is 5.32 Å². The zero-order valence-corrected chi connectivity index (χ0v) is 10.2. The summed E-state index contributed by atoms with van der Waals surface area (Å²) >= 11 is 0. The lowest BCUT2D eigenvalue weighted by atomic mass is 10.1. The lowest BCUT2D eigenvalue weighted by Gasteiger charge is -2.24. The number of nitrogens with one attached hydrogen (secondary N) is 1. The van der Waals surface area contributed by atoms with Gasteiger partial charge in [-0.1, -0.05) is 6.42 Å². The van der Waals surface area contributed by atoms with E-state index < -0.39 is 0 Å². The summed E-state index contributed by atoms with van der Waals surface area (Å²) in [6.45, 7) is 4.19. The van der Waals surface area contributed by atoms with Gasteiger partial charge < -0.3 is 9.88 Å². The molecule has 1 fully saturated rings. The van der Waals surface area contributed by atoms with Crippen LogP contribution in [0.15, 0.2) is 18.3 Å². The highest BCUT2D eigenvalue weighted by Gasteiger charge is 2.16. The molecule has 2 aromatic heterocycles. The Kier molecular flexibility index (Phi) is 2.81. The molecule has 4 heteroatoms. The summed E-state index contributed by atoms with van der Waals surface area (Å²) in [6.07, 6.45) is 5.73. The van der Waals surface area contributed by atoms with Gasteiger partial charge in [0.1, 0.15) is 11.3 Å². The number of hydrogen-bond acceptors (Lipinski definition) is 3. The Bertz CT molecular complexity index is 511. The van der Waals surface area contributed by atoms with E-state index in [4.69, 9.17) is 0 Å². The van der Waals surface area contributed by atoms with Gasteiger partial charge in [0.25, 0.3) is 0 Å². The van der Waals surface area contributed by atoms with E-state index >= 15 is 0 Å². The van der Waals surface area contributed by atoms with Crippen molar-refractivity contribution in [3.8, 4) is 0 Å². The maximum absolute atomic E-state index is 4.55. The molecule has 0 bridgehead atoms. The van der Waals surface area contributed by atoms with Crippen molar-refractivity contribution in [1.82, 2.24) is 19.9 Å². The number of imidazole rings is 1. The molecule has 17 heavy (non-hydrogen) atoms. The highest BCUT2D eigenvalue weighted by Crippen LogP contribution is 2.16. The summed E-state index contributed by atoms with van der Waals surface area (Å²) < 4.78 is 2.23. The highest BCUT2D eigenvalue weighted by molar-refractivity contribution is 5.71. The Hall–Kier alpha value is -1.42. The van der Waals surface area contributed by atoms with Crippen molar-refractivity contribution < 1.29 is 0 Å². The zero-order valence-electron chi connectivity index (χ0n) is 10.2. The quantitative estimate of drug-likeness (QED) is 0.856. The molecule has 2 aromatic rings. The number of rotatable bonds is 2. The van der Waals surface area contributed by atoms with E-state index in [1.54, 1.807) is 0 Å². The standard InChI is InChI=1S/C13H18N4/c1-10-16-12-6-4-8-15-13(12)17(10)9-11-5-2-3-7-14-11/h4,6,8,11,14H,2-3,5,7,9H2,1H3. The molecule has 0 radical (unpaired) electrons. The number of piperidine rings is 1. The molecule has 3 heterocycles. The second kappa shape index (κ2) is 4.45. The van der Waals surface area contributed by atoms with E-state index in [2.05, 4.69) is 26.8 Å². The van der Waals surface area contributed by atoms with Crippen molar-refractivity contribution in [2.45, 2.75) is 38.8 Å². The van der Waals surface area contributed by atoms with Gasteiger partial charge in [-0.15, -0.1) is 0 Å². The first-order valence-electron chi connectivity index (χ1n) is 6.36. The van der Waals surface area contributed by atoms with Crippen LogP contribution in [0.1, 0.15) is 25.1 Å². The third-order valence-corrected chi connectivity index (χ3v) is 3.51. The van der Waals surface area contributed by atoms with Crippen molar-refractivity contribution >= 4 is 11.2 Å². The predicted molar refractivity (Wildman–Crippen MR) is 67.9 cm³/mol. The van der Waals surface area contributed by atoms with Gasteiger partial charge in [0.2, 0.25) is 0 Å². The van der Waals surface area contributed by atoms with E-state index in [-0.39, 0.29) is 0 Å². The Morgan fingerprint density at radius 1 is 1.47 bits per heavy atom. The van der Waals surface area contributed by atoms with E-state index in [0.29, 0.717) is 6.04 Å². The maximum Gasteiger partial charge on any atom is 0.160 e. The summed E-state index contributed by atoms with van der Waals surface area (Å²) in [5, 5.41) is 3.57. The molecule has 0 saturated carbocycles. The minimum absolute atomic E-state index is 0.571. The van der Waals surface area contributed by atoms with Gasteiger partial charge in [-0.2, -0.15) is 0 Å². The lowest BCUT2D eigenvalue weighted by molar-refractivity contribution is 0.363. The SMILES string of the molecule is Cc1nc2cccnc2n1CC1CCCCN1. The van der Waals surface area contributed by atoms with Gasteiger partial charge >= 0.3 is 0 Å². The molecule has 1 atom stereocenters. The first-order valence-corrected chi connectivity index (χ1v) is 6.36. The minimum atomic E-state index is 0.571. The number of fused-ring (bicyclic) bond motifs is 1. The topological polar surface area (TPSA) is 42.7 Å². The van der Waals surface area contributed by atoms with Gasteiger partial charge in [0.05, 0.1) is 0 Å². The summed E-state index contributed by atoms with van der Waals surface area (Å²) in [7, 11) is 0. The molecule has 0 aliphatic carbocycles. The smallest absolute Gasteiger partial charge is 0.160 e. The average molecular weight is 230 g/mol. The van der Waals surface area contributed by atoms with Crippen LogP contribution in [0.4, 0.5) is 0 Å². The first-order chi connectivity index (χ1) is 8.34. The van der Waals surface area contributed by atoms with Gasteiger partial charge in [-0.05, 0) is 38.4 Å². The maximum atomic E-state index is 4.55. The molecule has 0 spiro atoms. The Balaban J connectivity index is 1.90. The minimum Gasteiger partial charge on any atom is -0.312 e. The molecular weight excluding hydrogens is 212 g/mol. The van der Waals surface area contributed by atoms with Gasteiger partial charge in [-0.3, -0.25) is 0 Å². The van der Waals surface area contributed by atoms with Crippen LogP contribution in [0.25, 0.3) is 11.2 Å². The van der Waals surface area contributed by atoms with E-state index in [9.17, 15) is 0 Å². The monoisotopic (exact) mass is 230 g/mol. The van der Waals surface area contributed by atoms with Crippen LogP contribution in [0, 0.1) is 6.92 Å². The second-order valence-electron chi connectivity index (χ2n) is 4.76. The Labute approximate surface area is 101 Å². The van der Waals surface area contributed by atoms with E-state index in [0.717, 1.165) is 30.1 Å². The number of pyridine rings is 1. The van der Waals surface area contributed by atoms with Crippen LogP contribution in [0.5, 0.6) is 0 Å². The summed E-state index contributed by atoms with van der Waals surface area (Å²) in [6, 6.07) is 4.54. The molecule has 1 N–H and O–H groups in total. The van der Waals surface area contributed by atoms with Crippen molar-refractivity contribution in [2.75, 3.05) is 6.54 Å². The fraction of sp³-hybridized carbons (Fsp3) is 0.538. The largest absolute Gasteiger partial charge is 0.312 e. The number of hydrogen-bond donors (Lipinski definition) is 1. The summed E-state index contributed by atoms with van der Waals surface area (Å²) in [5.41, 5.74) is 2.01. The summed E-state index contributed by atoms with van der Waals surface area (Å²) in [4.78, 5) is 8.99. The van der Waals surface area contributed by atoms with E-state index in [1.807, 2.05) is 18.3 Å². The molecule has 0 aromatic carbocycles. The summed E-state index contributed by atoms with van der Waals surface area (Å²) in [5.74, 6) is 1.06. The highest BCUT2D eigenvalue weighted by atomic mass is 15.1. The van der Waals surface area contributed by atoms with Gasteiger partial charge in [-0.25, -0.2) is 9.97 Å². The van der Waals surface area contributed by atoms with Crippen LogP contribution >= 0.6 is 0 Å². The number of aryl methyl sites for hydroxylation is 1. The van der Waals surface area contributed by atoms with Crippen molar-refractivity contribution in [3.63, 3.8) is 0 Å². The lowest BCUT2D eigenvalue weighted by Crippen LogP contribution is -2.37. The molecule has 90 valence electrons. The molecule has 0 amide bonds. The zero-order chi connectivity index (χ0) is 11.7. The Morgan fingerprint density at radius 3 is 3.24 bits per heavy atom. The number of aromatic nitrogens is 3. The van der Waals surface area contributed by atoms with Crippen molar-refractivity contribution in [1.29, 1.82) is 0 Å². The second-order valence-corrected chi connectivity index (χ2v) is 4.76. The number of nitrogens with zero attached hydrogens (tertiary/aromatic N) is 3. The normalized spacial score (nSPS) is 20.9. The molecule has 1 saturated heterocycles. The fourth-order valence-electron chi connectivity index (χ4n) is 2.59. The predicted octanol–water partition coefficient (Wildman–Crippen LogP) is 1.88. The molecule has 1 aliphatic heterocycles. The van der Waals surface area contributed by atoms with Gasteiger partial charge in [0, 0.05) is 18.8 Å². The fourth-order valence-corrected chi connectivity index (χ4v) is 2.59. The van der Waals surface area contributed by atoms with Crippen molar-refractivity contribution in [2.24, 2.45) is 0 Å². The molecular formula is C13H18N4. The van der Waals surface area contributed by atoms with Crippen LogP contribution in [0.3, 0.4) is 0 Å². The van der Waals surface area contributed by atoms with E-state index in [1.165, 1.54) is 19.3 Å². The third kappa shape index (κ3) is 2.05. The molecule has 1 unspecified atom stereocenters. The molecule has 3 rings (SSSR count). The van der Waals surface area contributed by atoms with Crippen LogP contribution in [0.2, 0.25) is 0 Å². The first kappa shape index (κ1) is 10.7. The van der Waals surface area contributed by atoms with Crippen molar-refractivity contribution in [3.05, 3.63) is 24.2 Å². The molecule has 1 aliphatic rings. The Morgan fingerprint density at radius 2 is 2.41 bits per heavy atom.